The molecule has 2 rings (SSSR count). The Bertz CT molecular complexity index is 471. The minimum absolute atomic E-state index is 0. The van der Waals surface area contributed by atoms with Crippen molar-refractivity contribution in [3.63, 3.8) is 0 Å². The van der Waals surface area contributed by atoms with E-state index in [4.69, 9.17) is 0 Å². The second-order valence-electron chi connectivity index (χ2n) is 6.01. The van der Waals surface area contributed by atoms with Crippen molar-refractivity contribution in [3.05, 3.63) is 29.6 Å². The Morgan fingerprint density at radius 2 is 2.20 bits per heavy atom. The second-order valence-corrected chi connectivity index (χ2v) is 6.01. The number of aliphatic imine (C=N–C) groups is 1. The standard InChI is InChI=1S/C15H24N4.HI/c1-12-6-5-7-13(18-12)10-17-14(16-4)19-9-8-15(2,3)11-19;/h5-7H,8-11H2,1-4H3,(H,16,17);1H. The minimum atomic E-state index is 0. The second kappa shape index (κ2) is 7.24. The van der Waals surface area contributed by atoms with Gasteiger partial charge < -0.3 is 10.2 Å². The molecular formula is C15H25IN4. The highest BCUT2D eigenvalue weighted by atomic mass is 127. The fourth-order valence-corrected chi connectivity index (χ4v) is 2.49. The zero-order valence-electron chi connectivity index (χ0n) is 12.8. The highest BCUT2D eigenvalue weighted by molar-refractivity contribution is 14.0. The monoisotopic (exact) mass is 388 g/mol. The summed E-state index contributed by atoms with van der Waals surface area (Å²) in [4.78, 5) is 11.2. The number of pyridine rings is 1. The first kappa shape index (κ1) is 17.2. The van der Waals surface area contributed by atoms with Crippen LogP contribution in [0.15, 0.2) is 23.2 Å². The Morgan fingerprint density at radius 1 is 1.45 bits per heavy atom. The van der Waals surface area contributed by atoms with Crippen molar-refractivity contribution in [3.8, 4) is 0 Å². The fraction of sp³-hybridized carbons (Fsp3) is 0.600. The molecule has 5 heteroatoms. The average molecular weight is 388 g/mol. The number of hydrogen-bond donors (Lipinski definition) is 1. The van der Waals surface area contributed by atoms with Gasteiger partial charge in [-0.25, -0.2) is 0 Å². The molecule has 1 aliphatic rings. The van der Waals surface area contributed by atoms with Gasteiger partial charge in [0.05, 0.1) is 12.2 Å². The van der Waals surface area contributed by atoms with Gasteiger partial charge in [-0.15, -0.1) is 24.0 Å². The van der Waals surface area contributed by atoms with Crippen LogP contribution in [0.4, 0.5) is 0 Å². The number of guanidine groups is 1. The molecule has 112 valence electrons. The van der Waals surface area contributed by atoms with Crippen LogP contribution in [0.5, 0.6) is 0 Å². The van der Waals surface area contributed by atoms with E-state index in [9.17, 15) is 0 Å². The summed E-state index contributed by atoms with van der Waals surface area (Å²) >= 11 is 0. The summed E-state index contributed by atoms with van der Waals surface area (Å²) in [6, 6.07) is 6.10. The van der Waals surface area contributed by atoms with Crippen LogP contribution in [0, 0.1) is 12.3 Å². The number of aryl methyl sites for hydroxylation is 1. The van der Waals surface area contributed by atoms with E-state index >= 15 is 0 Å². The number of nitrogens with one attached hydrogen (secondary N) is 1. The van der Waals surface area contributed by atoms with Gasteiger partial charge >= 0.3 is 0 Å². The van der Waals surface area contributed by atoms with E-state index in [0.717, 1.165) is 37.0 Å². The largest absolute Gasteiger partial charge is 0.351 e. The van der Waals surface area contributed by atoms with Gasteiger partial charge in [0.15, 0.2) is 5.96 Å². The molecule has 0 radical (unpaired) electrons. The molecule has 1 aliphatic heterocycles. The Hall–Kier alpha value is -0.850. The molecular weight excluding hydrogens is 363 g/mol. The Balaban J connectivity index is 0.00000200. The first-order chi connectivity index (χ1) is 9.00. The lowest BCUT2D eigenvalue weighted by Gasteiger charge is -2.23. The van der Waals surface area contributed by atoms with Gasteiger partial charge in [-0.05, 0) is 30.9 Å². The lowest BCUT2D eigenvalue weighted by molar-refractivity contribution is 0.370. The third kappa shape index (κ3) is 4.61. The SMILES string of the molecule is CN=C(NCc1cccc(C)n1)N1CCC(C)(C)C1.I. The van der Waals surface area contributed by atoms with Gasteiger partial charge in [-0.1, -0.05) is 19.9 Å². The van der Waals surface area contributed by atoms with Crippen molar-refractivity contribution in [2.75, 3.05) is 20.1 Å². The average Bonchev–Trinajstić information content (AvgIpc) is 2.71. The summed E-state index contributed by atoms with van der Waals surface area (Å²) in [6.45, 7) is 9.50. The van der Waals surface area contributed by atoms with Gasteiger partial charge in [-0.3, -0.25) is 9.98 Å². The molecule has 1 fully saturated rings. The van der Waals surface area contributed by atoms with E-state index < -0.39 is 0 Å². The summed E-state index contributed by atoms with van der Waals surface area (Å²) in [5.74, 6) is 0.980. The first-order valence-electron chi connectivity index (χ1n) is 6.88. The molecule has 0 atom stereocenters. The molecule has 2 heterocycles. The van der Waals surface area contributed by atoms with Crippen molar-refractivity contribution >= 4 is 29.9 Å². The smallest absolute Gasteiger partial charge is 0.193 e. The zero-order valence-corrected chi connectivity index (χ0v) is 15.1. The summed E-state index contributed by atoms with van der Waals surface area (Å²) in [6.07, 6.45) is 1.22. The third-order valence-electron chi connectivity index (χ3n) is 3.56. The lowest BCUT2D eigenvalue weighted by atomic mass is 9.93. The number of hydrogen-bond acceptors (Lipinski definition) is 2. The quantitative estimate of drug-likeness (QED) is 0.481. The highest BCUT2D eigenvalue weighted by Gasteiger charge is 2.30. The molecule has 1 saturated heterocycles. The van der Waals surface area contributed by atoms with E-state index in [1.54, 1.807) is 0 Å². The molecule has 1 N–H and O–H groups in total. The molecule has 0 spiro atoms. The van der Waals surface area contributed by atoms with E-state index in [0.29, 0.717) is 5.41 Å². The first-order valence-corrected chi connectivity index (χ1v) is 6.88. The van der Waals surface area contributed by atoms with Crippen LogP contribution >= 0.6 is 24.0 Å². The number of halogens is 1. The normalized spacial score (nSPS) is 17.8. The summed E-state index contributed by atoms with van der Waals surface area (Å²) < 4.78 is 0. The van der Waals surface area contributed by atoms with Crippen LogP contribution in [0.2, 0.25) is 0 Å². The van der Waals surface area contributed by atoms with E-state index in [1.165, 1.54) is 6.42 Å². The maximum atomic E-state index is 4.50. The highest BCUT2D eigenvalue weighted by Crippen LogP contribution is 2.28. The molecule has 20 heavy (non-hydrogen) atoms. The molecule has 0 bridgehead atoms. The van der Waals surface area contributed by atoms with Crippen LogP contribution in [-0.2, 0) is 6.54 Å². The molecule has 0 amide bonds. The third-order valence-corrected chi connectivity index (χ3v) is 3.56. The van der Waals surface area contributed by atoms with Crippen molar-refractivity contribution in [2.45, 2.75) is 33.7 Å². The topological polar surface area (TPSA) is 40.5 Å². The molecule has 0 unspecified atom stereocenters. The molecule has 0 aliphatic carbocycles. The van der Waals surface area contributed by atoms with E-state index in [-0.39, 0.29) is 24.0 Å². The summed E-state index contributed by atoms with van der Waals surface area (Å²) in [7, 11) is 1.84. The van der Waals surface area contributed by atoms with Crippen molar-refractivity contribution in [2.24, 2.45) is 10.4 Å². The summed E-state index contributed by atoms with van der Waals surface area (Å²) in [5, 5.41) is 3.41. The van der Waals surface area contributed by atoms with Crippen molar-refractivity contribution in [1.82, 2.24) is 15.2 Å². The number of aromatic nitrogens is 1. The maximum Gasteiger partial charge on any atom is 0.193 e. The number of likely N-dealkylation sites (tertiary alicyclic amines) is 1. The lowest BCUT2D eigenvalue weighted by Crippen LogP contribution is -2.40. The van der Waals surface area contributed by atoms with Gasteiger partial charge in [0.2, 0.25) is 0 Å². The molecule has 0 saturated carbocycles. The minimum Gasteiger partial charge on any atom is -0.351 e. The molecule has 1 aromatic heterocycles. The van der Waals surface area contributed by atoms with Gasteiger partial charge in [0, 0.05) is 25.8 Å². The predicted molar refractivity (Wildman–Crippen MR) is 94.6 cm³/mol. The number of nitrogens with zero attached hydrogens (tertiary/aromatic N) is 3. The van der Waals surface area contributed by atoms with Gasteiger partial charge in [0.25, 0.3) is 0 Å². The Morgan fingerprint density at radius 3 is 2.75 bits per heavy atom. The summed E-state index contributed by atoms with van der Waals surface area (Å²) in [5.41, 5.74) is 2.50. The number of rotatable bonds is 2. The van der Waals surface area contributed by atoms with Crippen LogP contribution in [0.3, 0.4) is 0 Å². The van der Waals surface area contributed by atoms with Gasteiger partial charge in [-0.2, -0.15) is 0 Å². The zero-order chi connectivity index (χ0) is 13.9. The van der Waals surface area contributed by atoms with E-state index in [1.807, 2.05) is 32.2 Å². The van der Waals surface area contributed by atoms with Crippen LogP contribution in [0.25, 0.3) is 0 Å². The van der Waals surface area contributed by atoms with Crippen LogP contribution in [0.1, 0.15) is 31.7 Å². The van der Waals surface area contributed by atoms with Crippen LogP contribution < -0.4 is 5.32 Å². The molecule has 0 aromatic carbocycles. The molecule has 4 nitrogen and oxygen atoms in total. The van der Waals surface area contributed by atoms with Gasteiger partial charge in [0.1, 0.15) is 0 Å². The maximum absolute atomic E-state index is 4.50. The Kier molecular flexibility index (Phi) is 6.23. The van der Waals surface area contributed by atoms with Crippen molar-refractivity contribution < 1.29 is 0 Å². The van der Waals surface area contributed by atoms with Crippen molar-refractivity contribution in [1.29, 1.82) is 0 Å². The fourth-order valence-electron chi connectivity index (χ4n) is 2.49. The van der Waals surface area contributed by atoms with E-state index in [2.05, 4.69) is 34.0 Å². The molecule has 1 aromatic rings. The Labute approximate surface area is 139 Å². The predicted octanol–water partition coefficient (Wildman–Crippen LogP) is 2.82. The van der Waals surface area contributed by atoms with Crippen LogP contribution in [-0.4, -0.2) is 36.0 Å².